The molecular weight excluding hydrogens is 314 g/mol. The van der Waals surface area contributed by atoms with Crippen molar-refractivity contribution in [2.75, 3.05) is 6.54 Å². The van der Waals surface area contributed by atoms with Crippen LogP contribution in [0.25, 0.3) is 0 Å². The molecule has 1 heterocycles. The lowest BCUT2D eigenvalue weighted by molar-refractivity contribution is 0.500. The van der Waals surface area contributed by atoms with Crippen molar-refractivity contribution >= 4 is 15.9 Å². The van der Waals surface area contributed by atoms with E-state index in [1.54, 1.807) is 0 Å². The van der Waals surface area contributed by atoms with E-state index < -0.39 is 0 Å². The molecule has 0 fully saturated rings. The molecule has 0 aliphatic heterocycles. The number of benzene rings is 1. The van der Waals surface area contributed by atoms with Gasteiger partial charge in [0.25, 0.3) is 0 Å². The van der Waals surface area contributed by atoms with Crippen molar-refractivity contribution in [2.24, 2.45) is 0 Å². The molecular formula is C16H22BrN3. The molecule has 0 aliphatic carbocycles. The highest BCUT2D eigenvalue weighted by atomic mass is 79.9. The molecule has 108 valence electrons. The SMILES string of the molecule is CCNC(CCc1c(Br)cnn1CC)c1ccccc1. The van der Waals surface area contributed by atoms with Crippen LogP contribution in [-0.2, 0) is 13.0 Å². The van der Waals surface area contributed by atoms with Crippen LogP contribution in [0.5, 0.6) is 0 Å². The zero-order valence-electron chi connectivity index (χ0n) is 12.1. The van der Waals surface area contributed by atoms with Gasteiger partial charge >= 0.3 is 0 Å². The van der Waals surface area contributed by atoms with Gasteiger partial charge in [0, 0.05) is 12.6 Å². The van der Waals surface area contributed by atoms with E-state index in [1.165, 1.54) is 11.3 Å². The first-order valence-corrected chi connectivity index (χ1v) is 8.04. The summed E-state index contributed by atoms with van der Waals surface area (Å²) in [6.07, 6.45) is 3.98. The maximum atomic E-state index is 4.38. The lowest BCUT2D eigenvalue weighted by atomic mass is 10.0. The van der Waals surface area contributed by atoms with Crippen LogP contribution in [0, 0.1) is 0 Å². The molecule has 0 bridgehead atoms. The number of nitrogens with zero attached hydrogens (tertiary/aromatic N) is 2. The van der Waals surface area contributed by atoms with E-state index in [0.717, 1.165) is 30.4 Å². The minimum atomic E-state index is 0.397. The number of halogens is 1. The summed E-state index contributed by atoms with van der Waals surface area (Å²) in [5.74, 6) is 0. The average molecular weight is 336 g/mol. The van der Waals surface area contributed by atoms with E-state index in [-0.39, 0.29) is 0 Å². The number of hydrogen-bond acceptors (Lipinski definition) is 2. The number of aryl methyl sites for hydroxylation is 1. The Morgan fingerprint density at radius 2 is 2.00 bits per heavy atom. The molecule has 2 rings (SSSR count). The minimum Gasteiger partial charge on any atom is -0.310 e. The Morgan fingerprint density at radius 1 is 1.25 bits per heavy atom. The highest BCUT2D eigenvalue weighted by molar-refractivity contribution is 9.10. The van der Waals surface area contributed by atoms with Gasteiger partial charge in [0.2, 0.25) is 0 Å². The van der Waals surface area contributed by atoms with Gasteiger partial charge in [-0.3, -0.25) is 4.68 Å². The first-order chi connectivity index (χ1) is 9.76. The predicted octanol–water partition coefficient (Wildman–Crippen LogP) is 3.95. The quantitative estimate of drug-likeness (QED) is 0.830. The van der Waals surface area contributed by atoms with E-state index in [4.69, 9.17) is 0 Å². The van der Waals surface area contributed by atoms with Gasteiger partial charge < -0.3 is 5.32 Å². The number of rotatable bonds is 7. The molecule has 0 amide bonds. The lowest BCUT2D eigenvalue weighted by Gasteiger charge is -2.18. The zero-order chi connectivity index (χ0) is 14.4. The normalized spacial score (nSPS) is 12.6. The molecule has 0 saturated heterocycles. The first kappa shape index (κ1) is 15.3. The Morgan fingerprint density at radius 3 is 2.65 bits per heavy atom. The van der Waals surface area contributed by atoms with Crippen LogP contribution in [-0.4, -0.2) is 16.3 Å². The fraction of sp³-hybridized carbons (Fsp3) is 0.438. The van der Waals surface area contributed by atoms with Gasteiger partial charge in [0.1, 0.15) is 0 Å². The highest BCUT2D eigenvalue weighted by Gasteiger charge is 2.13. The van der Waals surface area contributed by atoms with Crippen LogP contribution in [0.1, 0.15) is 37.6 Å². The molecule has 1 N–H and O–H groups in total. The zero-order valence-corrected chi connectivity index (χ0v) is 13.7. The van der Waals surface area contributed by atoms with Crippen molar-refractivity contribution in [2.45, 2.75) is 39.3 Å². The molecule has 20 heavy (non-hydrogen) atoms. The Kier molecular flexibility index (Phi) is 5.80. The fourth-order valence-corrected chi connectivity index (χ4v) is 3.00. The van der Waals surface area contributed by atoms with Crippen LogP contribution in [0.3, 0.4) is 0 Å². The van der Waals surface area contributed by atoms with Crippen LogP contribution < -0.4 is 5.32 Å². The second-order valence-electron chi connectivity index (χ2n) is 4.81. The Balaban J connectivity index is 2.08. The standard InChI is InChI=1S/C16H22BrN3/c1-3-18-15(13-8-6-5-7-9-13)10-11-16-14(17)12-19-20(16)4-2/h5-9,12,15,18H,3-4,10-11H2,1-2H3. The van der Waals surface area contributed by atoms with Crippen molar-refractivity contribution in [1.82, 2.24) is 15.1 Å². The van der Waals surface area contributed by atoms with E-state index in [9.17, 15) is 0 Å². The Hall–Kier alpha value is -1.13. The number of nitrogens with one attached hydrogen (secondary N) is 1. The van der Waals surface area contributed by atoms with E-state index in [0.29, 0.717) is 6.04 Å². The third-order valence-corrected chi connectivity index (χ3v) is 4.18. The smallest absolute Gasteiger partial charge is 0.0635 e. The second kappa shape index (κ2) is 7.60. The van der Waals surface area contributed by atoms with Crippen LogP contribution in [0.15, 0.2) is 41.0 Å². The molecule has 0 radical (unpaired) electrons. The van der Waals surface area contributed by atoms with Gasteiger partial charge in [0.15, 0.2) is 0 Å². The monoisotopic (exact) mass is 335 g/mol. The van der Waals surface area contributed by atoms with Crippen molar-refractivity contribution in [3.8, 4) is 0 Å². The maximum absolute atomic E-state index is 4.38. The van der Waals surface area contributed by atoms with Crippen molar-refractivity contribution in [3.05, 3.63) is 52.3 Å². The molecule has 1 aromatic heterocycles. The fourth-order valence-electron chi connectivity index (χ4n) is 2.51. The van der Waals surface area contributed by atoms with Crippen LogP contribution in [0.4, 0.5) is 0 Å². The van der Waals surface area contributed by atoms with Gasteiger partial charge in [-0.15, -0.1) is 0 Å². The molecule has 0 spiro atoms. The molecule has 1 unspecified atom stereocenters. The van der Waals surface area contributed by atoms with Gasteiger partial charge in [-0.2, -0.15) is 5.10 Å². The largest absolute Gasteiger partial charge is 0.310 e. The topological polar surface area (TPSA) is 29.9 Å². The van der Waals surface area contributed by atoms with Gasteiger partial charge in [-0.25, -0.2) is 0 Å². The van der Waals surface area contributed by atoms with Crippen molar-refractivity contribution in [1.29, 1.82) is 0 Å². The predicted molar refractivity (Wildman–Crippen MR) is 86.8 cm³/mol. The average Bonchev–Trinajstić information content (AvgIpc) is 2.85. The van der Waals surface area contributed by atoms with Crippen molar-refractivity contribution < 1.29 is 0 Å². The molecule has 1 aromatic carbocycles. The summed E-state index contributed by atoms with van der Waals surface area (Å²) in [6.45, 7) is 6.18. The van der Waals surface area contributed by atoms with Crippen molar-refractivity contribution in [3.63, 3.8) is 0 Å². The minimum absolute atomic E-state index is 0.397. The summed E-state index contributed by atoms with van der Waals surface area (Å²) in [5, 5.41) is 7.95. The van der Waals surface area contributed by atoms with E-state index >= 15 is 0 Å². The van der Waals surface area contributed by atoms with E-state index in [2.05, 4.69) is 75.2 Å². The summed E-state index contributed by atoms with van der Waals surface area (Å²) in [5.41, 5.74) is 2.64. The van der Waals surface area contributed by atoms with Gasteiger partial charge in [0.05, 0.1) is 16.4 Å². The molecule has 2 aromatic rings. The third-order valence-electron chi connectivity index (χ3n) is 3.52. The summed E-state index contributed by atoms with van der Waals surface area (Å²) in [7, 11) is 0. The maximum Gasteiger partial charge on any atom is 0.0635 e. The molecule has 3 nitrogen and oxygen atoms in total. The lowest BCUT2D eigenvalue weighted by Crippen LogP contribution is -2.22. The summed E-state index contributed by atoms with van der Waals surface area (Å²) in [4.78, 5) is 0. The molecule has 1 atom stereocenters. The first-order valence-electron chi connectivity index (χ1n) is 7.24. The van der Waals surface area contributed by atoms with Crippen LogP contribution in [0.2, 0.25) is 0 Å². The Labute approximate surface area is 129 Å². The summed E-state index contributed by atoms with van der Waals surface area (Å²) in [6, 6.07) is 11.1. The van der Waals surface area contributed by atoms with Gasteiger partial charge in [-0.1, -0.05) is 37.3 Å². The van der Waals surface area contributed by atoms with E-state index in [1.807, 2.05) is 6.20 Å². The summed E-state index contributed by atoms with van der Waals surface area (Å²) < 4.78 is 3.18. The highest BCUT2D eigenvalue weighted by Crippen LogP contribution is 2.23. The Bertz CT molecular complexity index is 522. The third kappa shape index (κ3) is 3.70. The summed E-state index contributed by atoms with van der Waals surface area (Å²) >= 11 is 3.60. The molecule has 0 aliphatic rings. The molecule has 4 heteroatoms. The van der Waals surface area contributed by atoms with Gasteiger partial charge in [-0.05, 0) is 47.8 Å². The van der Waals surface area contributed by atoms with Crippen LogP contribution >= 0.6 is 15.9 Å². The second-order valence-corrected chi connectivity index (χ2v) is 5.67. The number of hydrogen-bond donors (Lipinski definition) is 1. The molecule has 0 saturated carbocycles. The number of aromatic nitrogens is 2.